The molecule has 0 unspecified atom stereocenters. The van der Waals surface area contributed by atoms with Crippen molar-refractivity contribution in [3.05, 3.63) is 58.5 Å². The first-order valence-corrected chi connectivity index (χ1v) is 8.19. The number of nitrogens with one attached hydrogen (secondary N) is 3. The number of H-pyrrole nitrogens is 1. The average molecular weight is 326 g/mol. The second-order valence-corrected chi connectivity index (χ2v) is 5.73. The zero-order valence-electron chi connectivity index (χ0n) is 12.8. The van der Waals surface area contributed by atoms with E-state index < -0.39 is 0 Å². The summed E-state index contributed by atoms with van der Waals surface area (Å²) in [5.41, 5.74) is 3.42. The van der Waals surface area contributed by atoms with Gasteiger partial charge in [-0.3, -0.25) is 10.1 Å². The minimum absolute atomic E-state index is 0.686. The van der Waals surface area contributed by atoms with Crippen LogP contribution in [-0.2, 0) is 13.1 Å². The Hall–Kier alpha value is -2.67. The minimum atomic E-state index is 0.686. The van der Waals surface area contributed by atoms with E-state index in [1.54, 1.807) is 18.4 Å². The monoisotopic (exact) mass is 326 g/mol. The van der Waals surface area contributed by atoms with Crippen LogP contribution in [-0.4, -0.2) is 28.2 Å². The molecule has 0 saturated carbocycles. The lowest BCUT2D eigenvalue weighted by Gasteiger charge is -2.11. The van der Waals surface area contributed by atoms with Crippen LogP contribution in [0, 0.1) is 0 Å². The van der Waals surface area contributed by atoms with Crippen LogP contribution in [0.4, 0.5) is 0 Å². The average Bonchev–Trinajstić information content (AvgIpc) is 3.29. The number of rotatable bonds is 5. The summed E-state index contributed by atoms with van der Waals surface area (Å²) >= 11 is 1.70. The molecular weight excluding hydrogens is 308 g/mol. The van der Waals surface area contributed by atoms with Crippen molar-refractivity contribution >= 4 is 17.3 Å². The molecule has 0 saturated heterocycles. The Labute approximate surface area is 138 Å². The van der Waals surface area contributed by atoms with Crippen LogP contribution in [0.5, 0.6) is 0 Å². The van der Waals surface area contributed by atoms with Crippen LogP contribution in [0.25, 0.3) is 11.4 Å². The van der Waals surface area contributed by atoms with E-state index in [0.717, 1.165) is 29.5 Å². The third-order valence-corrected chi connectivity index (χ3v) is 4.07. The third-order valence-electron chi connectivity index (χ3n) is 3.34. The van der Waals surface area contributed by atoms with Crippen LogP contribution < -0.4 is 10.6 Å². The van der Waals surface area contributed by atoms with E-state index >= 15 is 0 Å². The highest BCUT2D eigenvalue weighted by Gasteiger charge is 2.03. The van der Waals surface area contributed by atoms with Crippen molar-refractivity contribution in [2.45, 2.75) is 13.1 Å². The Balaban J connectivity index is 1.57. The summed E-state index contributed by atoms with van der Waals surface area (Å²) in [7, 11) is 1.77. The number of hydrogen-bond acceptors (Lipinski definition) is 4. The largest absolute Gasteiger partial charge is 0.352 e. The van der Waals surface area contributed by atoms with Gasteiger partial charge in [0.15, 0.2) is 11.8 Å². The van der Waals surface area contributed by atoms with E-state index in [1.807, 2.05) is 12.1 Å². The molecule has 2 aromatic heterocycles. The smallest absolute Gasteiger partial charge is 0.191 e. The lowest BCUT2D eigenvalue weighted by atomic mass is 10.1. The molecule has 0 aliphatic heterocycles. The van der Waals surface area contributed by atoms with Crippen LogP contribution in [0.3, 0.4) is 0 Å². The summed E-state index contributed by atoms with van der Waals surface area (Å²) < 4.78 is 0. The Morgan fingerprint density at radius 3 is 2.78 bits per heavy atom. The molecule has 0 atom stereocenters. The predicted molar refractivity (Wildman–Crippen MR) is 93.2 cm³/mol. The molecular formula is C16H18N6S. The molecule has 6 nitrogen and oxygen atoms in total. The topological polar surface area (TPSA) is 78.0 Å². The zero-order chi connectivity index (χ0) is 15.9. The van der Waals surface area contributed by atoms with E-state index in [-0.39, 0.29) is 0 Å². The first-order valence-electron chi connectivity index (χ1n) is 7.25. The van der Waals surface area contributed by atoms with Crippen molar-refractivity contribution in [3.8, 4) is 11.4 Å². The number of guanidine groups is 1. The summed E-state index contributed by atoms with van der Waals surface area (Å²) in [6, 6.07) is 10.3. The molecule has 1 aromatic carbocycles. The Morgan fingerprint density at radius 1 is 1.22 bits per heavy atom. The van der Waals surface area contributed by atoms with E-state index in [1.165, 1.54) is 11.9 Å². The second kappa shape index (κ2) is 7.55. The lowest BCUT2D eigenvalue weighted by molar-refractivity contribution is 0.811. The fraction of sp³-hybridized carbons (Fsp3) is 0.188. The summed E-state index contributed by atoms with van der Waals surface area (Å²) in [6.07, 6.45) is 1.51. The van der Waals surface area contributed by atoms with Crippen LogP contribution >= 0.6 is 11.3 Å². The Kier molecular flexibility index (Phi) is 5.00. The number of aromatic nitrogens is 3. The van der Waals surface area contributed by atoms with Crippen molar-refractivity contribution < 1.29 is 0 Å². The van der Waals surface area contributed by atoms with Gasteiger partial charge < -0.3 is 10.6 Å². The van der Waals surface area contributed by atoms with Gasteiger partial charge >= 0.3 is 0 Å². The fourth-order valence-corrected chi connectivity index (χ4v) is 2.83. The molecule has 0 amide bonds. The molecule has 3 aromatic rings. The molecule has 7 heteroatoms. The molecule has 23 heavy (non-hydrogen) atoms. The van der Waals surface area contributed by atoms with Gasteiger partial charge in [0, 0.05) is 25.7 Å². The van der Waals surface area contributed by atoms with Gasteiger partial charge in [0.05, 0.1) is 0 Å². The van der Waals surface area contributed by atoms with Gasteiger partial charge in [0.2, 0.25) is 0 Å². The van der Waals surface area contributed by atoms with Gasteiger partial charge in [0.25, 0.3) is 0 Å². The van der Waals surface area contributed by atoms with Crippen molar-refractivity contribution in [1.29, 1.82) is 0 Å². The van der Waals surface area contributed by atoms with Crippen molar-refractivity contribution in [1.82, 2.24) is 25.8 Å². The minimum Gasteiger partial charge on any atom is -0.352 e. The number of aromatic amines is 1. The van der Waals surface area contributed by atoms with Crippen molar-refractivity contribution in [2.75, 3.05) is 7.05 Å². The quantitative estimate of drug-likeness (QED) is 0.497. The molecule has 3 rings (SSSR count). The SMILES string of the molecule is CN=C(NCc1ccsc1)NCc1cccc(-c2ncn[nH]2)c1. The van der Waals surface area contributed by atoms with Gasteiger partial charge in [0.1, 0.15) is 6.33 Å². The maximum atomic E-state index is 4.24. The van der Waals surface area contributed by atoms with Gasteiger partial charge in [-0.1, -0.05) is 18.2 Å². The number of benzene rings is 1. The van der Waals surface area contributed by atoms with Crippen LogP contribution in [0.2, 0.25) is 0 Å². The molecule has 3 N–H and O–H groups in total. The summed E-state index contributed by atoms with van der Waals surface area (Å²) in [6.45, 7) is 1.45. The lowest BCUT2D eigenvalue weighted by Crippen LogP contribution is -2.36. The predicted octanol–water partition coefficient (Wildman–Crippen LogP) is 2.40. The van der Waals surface area contributed by atoms with Crippen LogP contribution in [0.15, 0.2) is 52.4 Å². The van der Waals surface area contributed by atoms with E-state index in [9.17, 15) is 0 Å². The number of hydrogen-bond donors (Lipinski definition) is 3. The van der Waals surface area contributed by atoms with E-state index in [0.29, 0.717) is 6.54 Å². The van der Waals surface area contributed by atoms with E-state index in [4.69, 9.17) is 0 Å². The van der Waals surface area contributed by atoms with Gasteiger partial charge in [-0.15, -0.1) is 0 Å². The first-order chi connectivity index (χ1) is 11.3. The molecule has 0 fully saturated rings. The number of aliphatic imine (C=N–C) groups is 1. The summed E-state index contributed by atoms with van der Waals surface area (Å²) in [5, 5.41) is 17.6. The van der Waals surface area contributed by atoms with Crippen molar-refractivity contribution in [2.24, 2.45) is 4.99 Å². The first kappa shape index (κ1) is 15.2. The second-order valence-electron chi connectivity index (χ2n) is 4.95. The van der Waals surface area contributed by atoms with Gasteiger partial charge in [-0.2, -0.15) is 16.4 Å². The number of nitrogens with zero attached hydrogens (tertiary/aromatic N) is 3. The zero-order valence-corrected chi connectivity index (χ0v) is 13.6. The fourth-order valence-electron chi connectivity index (χ4n) is 2.16. The number of thiophene rings is 1. The van der Waals surface area contributed by atoms with E-state index in [2.05, 4.69) is 59.8 Å². The van der Waals surface area contributed by atoms with Crippen molar-refractivity contribution in [3.63, 3.8) is 0 Å². The summed E-state index contributed by atoms with van der Waals surface area (Å²) in [5.74, 6) is 1.55. The Bertz CT molecular complexity index is 749. The maximum absolute atomic E-state index is 4.24. The molecule has 0 aliphatic rings. The molecule has 0 aliphatic carbocycles. The summed E-state index contributed by atoms with van der Waals surface area (Å²) in [4.78, 5) is 8.42. The highest BCUT2D eigenvalue weighted by molar-refractivity contribution is 7.07. The molecule has 2 heterocycles. The van der Waals surface area contributed by atoms with Gasteiger partial charge in [-0.25, -0.2) is 4.98 Å². The van der Waals surface area contributed by atoms with Gasteiger partial charge in [-0.05, 0) is 34.0 Å². The molecule has 0 radical (unpaired) electrons. The standard InChI is InChI=1S/C16H18N6S/c1-17-16(19-9-13-5-6-23-10-13)18-8-12-3-2-4-14(7-12)15-20-11-21-22-15/h2-7,10-11H,8-9H2,1H3,(H2,17,18,19)(H,20,21,22). The molecule has 118 valence electrons. The molecule has 0 bridgehead atoms. The van der Waals surface area contributed by atoms with Crippen LogP contribution in [0.1, 0.15) is 11.1 Å². The Morgan fingerprint density at radius 2 is 2.09 bits per heavy atom. The maximum Gasteiger partial charge on any atom is 0.191 e. The third kappa shape index (κ3) is 4.17. The highest BCUT2D eigenvalue weighted by atomic mass is 32.1. The normalized spacial score (nSPS) is 11.4. The highest BCUT2D eigenvalue weighted by Crippen LogP contribution is 2.15. The molecule has 0 spiro atoms.